The summed E-state index contributed by atoms with van der Waals surface area (Å²) in [4.78, 5) is 271. The second-order valence-electron chi connectivity index (χ2n) is 34.4. The van der Waals surface area contributed by atoms with Crippen LogP contribution in [0.3, 0.4) is 0 Å². The number of guanidine groups is 2. The zero-order valence-electron chi connectivity index (χ0n) is 78.1. The molecule has 1 aromatic carbocycles. The normalized spacial score (nSPS) is 16.9. The topological polar surface area (TPSA) is 783 Å². The van der Waals surface area contributed by atoms with Gasteiger partial charge in [0.05, 0.1) is 32.7 Å². The predicted molar refractivity (Wildman–Crippen MR) is 506 cm³/mol. The number of hydrogen-bond acceptors (Lipinski definition) is 29. The maximum atomic E-state index is 14.5. The zero-order chi connectivity index (χ0) is 103. The average molecular weight is 1990 g/mol. The van der Waals surface area contributed by atoms with Crippen LogP contribution in [0.25, 0.3) is 0 Å². The van der Waals surface area contributed by atoms with E-state index in [1.807, 2.05) is 0 Å². The van der Waals surface area contributed by atoms with Crippen LogP contribution in [0.15, 0.2) is 42.9 Å². The molecule has 0 unspecified atom stereocenters. The Morgan fingerprint density at radius 1 is 0.416 bits per heavy atom. The molecular formula is C84H137N27O23S3. The van der Waals surface area contributed by atoms with Gasteiger partial charge < -0.3 is 148 Å². The second kappa shape index (κ2) is 59.7. The van der Waals surface area contributed by atoms with E-state index in [-0.39, 0.29) is 133 Å². The highest BCUT2D eigenvalue weighted by atomic mass is 32.1. The number of aliphatic hydroxyl groups excluding tert-OH is 3. The fourth-order valence-corrected chi connectivity index (χ4v) is 15.2. The molecule has 1 aromatic heterocycles. The van der Waals surface area contributed by atoms with Crippen molar-refractivity contribution in [2.75, 3.05) is 69.8 Å². The first-order valence-electron chi connectivity index (χ1n) is 45.0. The maximum absolute atomic E-state index is 14.5. The minimum absolute atomic E-state index is 0.00126. The molecule has 2 saturated heterocycles. The number of aliphatic hydroxyl groups is 3. The van der Waals surface area contributed by atoms with Crippen LogP contribution in [0.5, 0.6) is 0 Å². The van der Waals surface area contributed by atoms with Gasteiger partial charge in [0.1, 0.15) is 109 Å². The number of nitrogens with two attached hydrogens (primary N) is 3. The largest absolute Gasteiger partial charge is 0.480 e. The maximum Gasteiger partial charge on any atom is 0.326 e. The lowest BCUT2D eigenvalue weighted by atomic mass is 10.0. The molecule has 18 amide bonds. The molecule has 2 aliphatic heterocycles. The van der Waals surface area contributed by atoms with Crippen LogP contribution in [0.2, 0.25) is 0 Å². The number of hydrogen-bond donors (Lipinski definition) is 31. The summed E-state index contributed by atoms with van der Waals surface area (Å²) in [6.45, 7) is 10.8. The van der Waals surface area contributed by atoms with Gasteiger partial charge in [-0.05, 0) is 115 Å². The summed E-state index contributed by atoms with van der Waals surface area (Å²) in [5.74, 6) is -20.7. The van der Waals surface area contributed by atoms with Crippen molar-refractivity contribution < 1.29 is 112 Å². The lowest BCUT2D eigenvalue weighted by Gasteiger charge is -2.30. The molecule has 0 bridgehead atoms. The number of thiol groups is 3. The molecule has 137 heavy (non-hydrogen) atoms. The molecule has 2 aliphatic rings. The summed E-state index contributed by atoms with van der Waals surface area (Å²) in [7, 11) is 0. The van der Waals surface area contributed by atoms with Gasteiger partial charge in [-0.1, -0.05) is 71.9 Å². The highest BCUT2D eigenvalue weighted by Crippen LogP contribution is 2.23. The van der Waals surface area contributed by atoms with Crippen LogP contribution < -0.4 is 113 Å². The van der Waals surface area contributed by atoms with Gasteiger partial charge in [0.25, 0.3) is 0 Å². The number of imidazole rings is 1. The predicted octanol–water partition coefficient (Wildman–Crippen LogP) is -9.53. The first-order valence-corrected chi connectivity index (χ1v) is 46.9. The van der Waals surface area contributed by atoms with E-state index in [1.54, 1.807) is 71.9 Å². The minimum atomic E-state index is -1.86. The number of carbonyl (C=O) groups is 19. The van der Waals surface area contributed by atoms with Crippen LogP contribution in [-0.2, 0) is 104 Å². The molecule has 4 rings (SSSR count). The van der Waals surface area contributed by atoms with Crippen molar-refractivity contribution >= 4 is 162 Å². The number of rotatable bonds is 59. The second-order valence-corrected chi connectivity index (χ2v) is 35.5. The minimum Gasteiger partial charge on any atom is -0.480 e. The van der Waals surface area contributed by atoms with Crippen molar-refractivity contribution in [2.24, 2.45) is 35.0 Å². The molecular weight excluding hydrogens is 1850 g/mol. The molecule has 2 fully saturated rings. The van der Waals surface area contributed by atoms with Crippen molar-refractivity contribution in [3.8, 4) is 0 Å². The van der Waals surface area contributed by atoms with Crippen LogP contribution in [-0.4, -0.2) is 343 Å². The Bertz CT molecular complexity index is 4450. The number of carboxylic acid groups (broad SMARTS) is 1. The third kappa shape index (κ3) is 39.8. The number of carbonyl (C=O) groups excluding carboxylic acids is 18. The summed E-state index contributed by atoms with van der Waals surface area (Å²) in [6, 6.07) is -17.9. The summed E-state index contributed by atoms with van der Waals surface area (Å²) in [5, 5.41) is 101. The number of likely N-dealkylation sites (tertiary alicyclic amines) is 2. The zero-order valence-corrected chi connectivity index (χ0v) is 80.8. The molecule has 31 N–H and O–H groups in total. The van der Waals surface area contributed by atoms with Crippen LogP contribution in [0.4, 0.5) is 0 Å². The molecule has 0 saturated carbocycles. The van der Waals surface area contributed by atoms with Gasteiger partial charge in [-0.15, -0.1) is 0 Å². The van der Waals surface area contributed by atoms with E-state index < -0.39 is 277 Å². The van der Waals surface area contributed by atoms with Gasteiger partial charge >= 0.3 is 5.97 Å². The molecule has 0 aliphatic carbocycles. The number of H-pyrrole nitrogens is 1. The van der Waals surface area contributed by atoms with Gasteiger partial charge in [0.15, 0.2) is 11.9 Å². The van der Waals surface area contributed by atoms with Crippen molar-refractivity contribution in [3.05, 3.63) is 54.1 Å². The van der Waals surface area contributed by atoms with Crippen molar-refractivity contribution in [1.82, 2.24) is 115 Å². The number of carboxylic acids is 1. The standard InChI is InChI=1S/C84H137N27O23S3/c1-41(2)27-51(97-64(115)32-85)70(121)104-56(34-112)73(124)96-46(9)80(131)110-25-15-21-62(110)78(129)106-58(36-114)75(126)101-53(29-43(5)6)71(122)105-57(35-113)74(125)102-54(31-48-33-90-40-93-48)72(123)107-59(37-135)77(128)109-61(39-137)81(132)111-26-16-22-63(111)79(130)108-60(38-136)76(127)99-49(19-13-23-91-83(86)87)67(118)94-44(7)65(116)98-50(20-14-24-92-84(88)89)68(119)100-52(28-42(3)4)69(120)95-45(8)66(117)103-55(82(133)134)30-47-17-11-10-12-18-47/h10-12,17-18,33,40-46,49-63,112-114,135-137H,13-16,19-32,34-39,85H2,1-9H3,(H,90,93)(H,94,118)(H,95,120)(H,96,124)(H,97,115)(H,98,116)(H,99,127)(H,100,119)(H,101,126)(H,102,125)(H,103,117)(H,104,121)(H,105,122)(H,106,129)(H,107,123)(H,108,130)(H,109,128)(H,133,134)(H4,86,87,91)(H4,88,89,92)/t44-,45-,46-,49-,50-,51-,52-,53-,54-,55-,56-,57-,58-,59-,60-,61-,62-,63-/m0/s1. The Labute approximate surface area is 809 Å². The Hall–Kier alpha value is -12.2. The van der Waals surface area contributed by atoms with E-state index in [0.717, 1.165) is 9.80 Å². The van der Waals surface area contributed by atoms with Crippen molar-refractivity contribution in [1.29, 1.82) is 10.8 Å². The van der Waals surface area contributed by atoms with E-state index in [2.05, 4.69) is 144 Å². The SMILES string of the molecule is CC(C)C[C@H](NC(=O)CN)C(=O)N[C@@H](CO)C(=O)N[C@@H](C)C(=O)N1CCC[C@H]1C(=O)N[C@@H](CO)C(=O)N[C@@H](CC(C)C)C(=O)N[C@@H](CO)C(=O)N[C@@H](Cc1cnc[nH]1)C(=O)N[C@@H](CS)C(=O)N[C@@H](CS)C(=O)N1CCC[C@H]1C(=O)N[C@@H](CS)C(=O)N[C@@H](CCCNC(=N)N)C(=O)N[C@@H](C)C(=O)N[C@@H](CCCNC(=N)N)C(=O)N[C@@H](CC(C)C)C(=O)N[C@@H](C)C(=O)N[C@@H](Cc1ccccc1)C(=O)O. The Morgan fingerprint density at radius 2 is 0.752 bits per heavy atom. The molecule has 53 heteroatoms. The number of nitrogens with zero attached hydrogens (tertiary/aromatic N) is 3. The van der Waals surface area contributed by atoms with Gasteiger partial charge in [0, 0.05) is 68.2 Å². The Balaban J connectivity index is 1.43. The summed E-state index contributed by atoms with van der Waals surface area (Å²) in [6.07, 6.45) is 2.61. The van der Waals surface area contributed by atoms with Gasteiger partial charge in [-0.25, -0.2) is 9.78 Å². The van der Waals surface area contributed by atoms with E-state index in [0.29, 0.717) is 5.56 Å². The molecule has 0 spiro atoms. The van der Waals surface area contributed by atoms with Gasteiger partial charge in [-0.3, -0.25) is 97.1 Å². The average Bonchev–Trinajstić information content (AvgIpc) is 1.70. The molecule has 764 valence electrons. The highest BCUT2D eigenvalue weighted by molar-refractivity contribution is 7.80. The fraction of sp³-hybridized carbons (Fsp3) is 0.643. The molecule has 18 atom stereocenters. The monoisotopic (exact) mass is 1990 g/mol. The van der Waals surface area contributed by atoms with E-state index >= 15 is 0 Å². The summed E-state index contributed by atoms with van der Waals surface area (Å²) >= 11 is 12.9. The molecule has 0 radical (unpaired) electrons. The number of aromatic amines is 1. The number of aromatic nitrogens is 2. The van der Waals surface area contributed by atoms with E-state index in [1.165, 1.54) is 33.3 Å². The third-order valence-corrected chi connectivity index (χ3v) is 22.9. The Morgan fingerprint density at radius 3 is 1.18 bits per heavy atom. The first kappa shape index (κ1) is 117. The third-order valence-electron chi connectivity index (χ3n) is 21.8. The number of nitrogens with one attached hydrogen (secondary N) is 21. The summed E-state index contributed by atoms with van der Waals surface area (Å²) in [5.41, 5.74) is 17.3. The molecule has 2 aromatic rings. The van der Waals surface area contributed by atoms with Gasteiger partial charge in [0.2, 0.25) is 106 Å². The van der Waals surface area contributed by atoms with Crippen LogP contribution in [0, 0.1) is 28.6 Å². The number of amides is 18. The lowest BCUT2D eigenvalue weighted by molar-refractivity contribution is -0.142. The lowest BCUT2D eigenvalue weighted by Crippen LogP contribution is -2.62. The van der Waals surface area contributed by atoms with E-state index in [4.69, 9.17) is 28.0 Å². The first-order chi connectivity index (χ1) is 64.7. The number of aliphatic carboxylic acids is 1. The molecule has 3 heterocycles. The van der Waals surface area contributed by atoms with Crippen LogP contribution >= 0.6 is 37.9 Å². The fourth-order valence-electron chi connectivity index (χ4n) is 14.5. The smallest absolute Gasteiger partial charge is 0.326 e. The van der Waals surface area contributed by atoms with Crippen molar-refractivity contribution in [2.45, 2.75) is 255 Å². The highest BCUT2D eigenvalue weighted by Gasteiger charge is 2.44. The van der Waals surface area contributed by atoms with Gasteiger partial charge in [-0.2, -0.15) is 37.9 Å². The van der Waals surface area contributed by atoms with Crippen molar-refractivity contribution in [3.63, 3.8) is 0 Å². The quantitative estimate of drug-likeness (QED) is 0.0127. The molecule has 50 nitrogen and oxygen atoms in total. The summed E-state index contributed by atoms with van der Waals surface area (Å²) < 4.78 is 0. The van der Waals surface area contributed by atoms with Crippen LogP contribution in [0.1, 0.15) is 144 Å². The number of benzene rings is 1. The van der Waals surface area contributed by atoms with E-state index in [9.17, 15) is 112 Å². The Kier molecular flexibility index (Phi) is 51.0.